The molecule has 1 saturated heterocycles. The molecule has 7 heteroatoms. The van der Waals surface area contributed by atoms with Crippen LogP contribution in [0.2, 0.25) is 0 Å². The zero-order chi connectivity index (χ0) is 18.4. The van der Waals surface area contributed by atoms with Crippen LogP contribution in [0.5, 0.6) is 0 Å². The minimum Gasteiger partial charge on any atom is -0.378 e. The van der Waals surface area contributed by atoms with Gasteiger partial charge in [-0.15, -0.1) is 0 Å². The van der Waals surface area contributed by atoms with Gasteiger partial charge in [0.1, 0.15) is 5.82 Å². The smallest absolute Gasteiger partial charge is 0.257 e. The maximum Gasteiger partial charge on any atom is 0.257 e. The van der Waals surface area contributed by atoms with Crippen molar-refractivity contribution in [3.8, 4) is 0 Å². The van der Waals surface area contributed by atoms with Crippen molar-refractivity contribution in [2.45, 2.75) is 0 Å². The molecule has 2 heterocycles. The molecule has 0 bridgehead atoms. The predicted octanol–water partition coefficient (Wildman–Crippen LogP) is 1.63. The van der Waals surface area contributed by atoms with Gasteiger partial charge in [0.05, 0.1) is 25.3 Å². The number of carbonyl (C=O) groups excluding carboxylic acids is 2. The summed E-state index contributed by atoms with van der Waals surface area (Å²) in [6, 6.07) is 12.6. The van der Waals surface area contributed by atoms with Crippen LogP contribution in [0, 0.1) is 0 Å². The summed E-state index contributed by atoms with van der Waals surface area (Å²) in [5.41, 5.74) is 1.19. The second-order valence-electron chi connectivity index (χ2n) is 6.05. The number of ether oxygens (including phenoxy) is 1. The number of amides is 2. The number of pyridine rings is 1. The van der Waals surface area contributed by atoms with E-state index in [2.05, 4.69) is 10.3 Å². The maximum absolute atomic E-state index is 12.8. The Morgan fingerprint density at radius 1 is 1.15 bits per heavy atom. The largest absolute Gasteiger partial charge is 0.378 e. The molecule has 0 aliphatic carbocycles. The van der Waals surface area contributed by atoms with Crippen LogP contribution < -0.4 is 10.2 Å². The lowest BCUT2D eigenvalue weighted by atomic mass is 10.2. The van der Waals surface area contributed by atoms with E-state index in [0.29, 0.717) is 43.4 Å². The van der Waals surface area contributed by atoms with Gasteiger partial charge >= 0.3 is 0 Å². The Hall–Kier alpha value is -2.93. The van der Waals surface area contributed by atoms with Gasteiger partial charge in [0.2, 0.25) is 5.91 Å². The Morgan fingerprint density at radius 3 is 2.62 bits per heavy atom. The van der Waals surface area contributed by atoms with Gasteiger partial charge in [-0.1, -0.05) is 18.2 Å². The molecule has 7 nitrogen and oxygen atoms in total. The lowest BCUT2D eigenvalue weighted by Gasteiger charge is -2.29. The highest BCUT2D eigenvalue weighted by atomic mass is 16.5. The number of nitrogens with zero attached hydrogens (tertiary/aromatic N) is 3. The summed E-state index contributed by atoms with van der Waals surface area (Å²) in [5.74, 6) is 0.155. The second-order valence-corrected chi connectivity index (χ2v) is 6.05. The monoisotopic (exact) mass is 354 g/mol. The lowest BCUT2D eigenvalue weighted by Crippen LogP contribution is -2.40. The van der Waals surface area contributed by atoms with E-state index < -0.39 is 0 Å². The van der Waals surface area contributed by atoms with Gasteiger partial charge in [-0.05, 0) is 24.3 Å². The molecule has 2 aromatic rings. The molecule has 3 rings (SSSR count). The van der Waals surface area contributed by atoms with Crippen molar-refractivity contribution >= 4 is 23.3 Å². The first kappa shape index (κ1) is 17.9. The fourth-order valence-electron chi connectivity index (χ4n) is 2.81. The van der Waals surface area contributed by atoms with E-state index in [1.807, 2.05) is 23.1 Å². The number of morpholine rings is 1. The predicted molar refractivity (Wildman–Crippen MR) is 99.3 cm³/mol. The Morgan fingerprint density at radius 2 is 1.88 bits per heavy atom. The Bertz CT molecular complexity index is 760. The van der Waals surface area contributed by atoms with Gasteiger partial charge < -0.3 is 19.9 Å². The highest BCUT2D eigenvalue weighted by Crippen LogP contribution is 2.20. The number of hydrogen-bond acceptors (Lipinski definition) is 5. The molecule has 1 aromatic heterocycles. The fourth-order valence-corrected chi connectivity index (χ4v) is 2.81. The van der Waals surface area contributed by atoms with Gasteiger partial charge in [-0.3, -0.25) is 9.59 Å². The van der Waals surface area contributed by atoms with Gasteiger partial charge in [0, 0.05) is 32.0 Å². The first-order valence-corrected chi connectivity index (χ1v) is 8.53. The molecule has 1 aromatic carbocycles. The third kappa shape index (κ3) is 4.37. The van der Waals surface area contributed by atoms with Crippen molar-refractivity contribution < 1.29 is 14.3 Å². The van der Waals surface area contributed by atoms with Gasteiger partial charge in [-0.2, -0.15) is 0 Å². The molecule has 136 valence electrons. The molecule has 1 N–H and O–H groups in total. The molecule has 1 aliphatic rings. The minimum atomic E-state index is -0.246. The average molecular weight is 354 g/mol. The third-order valence-corrected chi connectivity index (χ3v) is 4.11. The topological polar surface area (TPSA) is 74.8 Å². The van der Waals surface area contributed by atoms with E-state index in [-0.39, 0.29) is 18.4 Å². The number of para-hydroxylation sites is 1. The molecule has 1 fully saturated rings. The SMILES string of the molecule is CN(CC(=O)Nc1ccccc1)C(=O)c1cccnc1N1CCOCC1. The highest BCUT2D eigenvalue weighted by Gasteiger charge is 2.23. The summed E-state index contributed by atoms with van der Waals surface area (Å²) in [7, 11) is 1.61. The molecule has 0 spiro atoms. The van der Waals surface area contributed by atoms with Crippen molar-refractivity contribution in [1.82, 2.24) is 9.88 Å². The molecule has 0 saturated carbocycles. The van der Waals surface area contributed by atoms with Gasteiger partial charge in [-0.25, -0.2) is 4.98 Å². The van der Waals surface area contributed by atoms with E-state index in [4.69, 9.17) is 4.74 Å². The van der Waals surface area contributed by atoms with Crippen LogP contribution in [0.3, 0.4) is 0 Å². The van der Waals surface area contributed by atoms with E-state index in [1.54, 1.807) is 37.5 Å². The standard InChI is InChI=1S/C19H22N4O3/c1-22(14-17(24)21-15-6-3-2-4-7-15)19(25)16-8-5-9-20-18(16)23-10-12-26-13-11-23/h2-9H,10-14H2,1H3,(H,21,24). The number of nitrogens with one attached hydrogen (secondary N) is 1. The van der Waals surface area contributed by atoms with Crippen LogP contribution in [0.15, 0.2) is 48.7 Å². The van der Waals surface area contributed by atoms with Gasteiger partial charge in [0.15, 0.2) is 0 Å². The van der Waals surface area contributed by atoms with Crippen molar-refractivity contribution in [1.29, 1.82) is 0 Å². The molecule has 1 aliphatic heterocycles. The molecular weight excluding hydrogens is 332 g/mol. The summed E-state index contributed by atoms with van der Waals surface area (Å²) in [5, 5.41) is 2.78. The number of aromatic nitrogens is 1. The molecule has 2 amide bonds. The number of anilines is 2. The number of likely N-dealkylation sites (N-methyl/N-ethyl adjacent to an activating group) is 1. The lowest BCUT2D eigenvalue weighted by molar-refractivity contribution is -0.116. The number of benzene rings is 1. The fraction of sp³-hybridized carbons (Fsp3) is 0.316. The zero-order valence-corrected chi connectivity index (χ0v) is 14.7. The Kier molecular flexibility index (Phi) is 5.80. The van der Waals surface area contributed by atoms with Crippen molar-refractivity contribution in [2.24, 2.45) is 0 Å². The van der Waals surface area contributed by atoms with Crippen LogP contribution in [0.1, 0.15) is 10.4 Å². The quantitative estimate of drug-likeness (QED) is 0.883. The van der Waals surface area contributed by atoms with Crippen LogP contribution in [-0.4, -0.2) is 61.6 Å². The molecule has 26 heavy (non-hydrogen) atoms. The van der Waals surface area contributed by atoms with Crippen molar-refractivity contribution in [2.75, 3.05) is 50.1 Å². The second kappa shape index (κ2) is 8.44. The van der Waals surface area contributed by atoms with Crippen LogP contribution in [0.25, 0.3) is 0 Å². The van der Waals surface area contributed by atoms with E-state index in [1.165, 1.54) is 4.90 Å². The molecule has 0 radical (unpaired) electrons. The maximum atomic E-state index is 12.8. The first-order chi connectivity index (χ1) is 12.6. The summed E-state index contributed by atoms with van der Waals surface area (Å²) in [4.78, 5) is 32.9. The third-order valence-electron chi connectivity index (χ3n) is 4.11. The Balaban J connectivity index is 1.67. The van der Waals surface area contributed by atoms with Crippen LogP contribution in [0.4, 0.5) is 11.5 Å². The summed E-state index contributed by atoms with van der Waals surface area (Å²) in [6.07, 6.45) is 1.67. The number of hydrogen-bond donors (Lipinski definition) is 1. The van der Waals surface area contributed by atoms with Crippen LogP contribution >= 0.6 is 0 Å². The number of rotatable bonds is 5. The summed E-state index contributed by atoms with van der Waals surface area (Å²) in [6.45, 7) is 2.56. The minimum absolute atomic E-state index is 0.0365. The Labute approximate surface area is 152 Å². The molecule has 0 atom stereocenters. The molecule has 0 unspecified atom stereocenters. The van der Waals surface area contributed by atoms with Gasteiger partial charge in [0.25, 0.3) is 5.91 Å². The summed E-state index contributed by atoms with van der Waals surface area (Å²) >= 11 is 0. The van der Waals surface area contributed by atoms with Crippen molar-refractivity contribution in [3.63, 3.8) is 0 Å². The number of carbonyl (C=O) groups is 2. The van der Waals surface area contributed by atoms with E-state index in [9.17, 15) is 9.59 Å². The molecular formula is C19H22N4O3. The normalized spacial score (nSPS) is 14.0. The zero-order valence-electron chi connectivity index (χ0n) is 14.7. The summed E-state index contributed by atoms with van der Waals surface area (Å²) < 4.78 is 5.36. The van der Waals surface area contributed by atoms with Crippen molar-refractivity contribution in [3.05, 3.63) is 54.2 Å². The van der Waals surface area contributed by atoms with E-state index >= 15 is 0 Å². The highest BCUT2D eigenvalue weighted by molar-refractivity contribution is 6.02. The van der Waals surface area contributed by atoms with E-state index in [0.717, 1.165) is 0 Å². The average Bonchev–Trinajstić information content (AvgIpc) is 2.68. The first-order valence-electron chi connectivity index (χ1n) is 8.53. The van der Waals surface area contributed by atoms with Crippen LogP contribution in [-0.2, 0) is 9.53 Å².